The number of amides is 2. The van der Waals surface area contributed by atoms with Crippen molar-refractivity contribution in [2.24, 2.45) is 17.3 Å². The van der Waals surface area contributed by atoms with Crippen LogP contribution < -0.4 is 4.90 Å². The highest BCUT2D eigenvalue weighted by molar-refractivity contribution is 7.15. The van der Waals surface area contributed by atoms with Crippen LogP contribution in [0, 0.1) is 17.3 Å². The Kier molecular flexibility index (Phi) is 7.80. The third kappa shape index (κ3) is 5.39. The molecule has 2 heterocycles. The summed E-state index contributed by atoms with van der Waals surface area (Å²) in [5.41, 5.74) is 1.86. The van der Waals surface area contributed by atoms with Crippen LogP contribution in [-0.4, -0.2) is 46.9 Å². The van der Waals surface area contributed by atoms with Crippen molar-refractivity contribution in [1.82, 2.24) is 4.90 Å². The summed E-state index contributed by atoms with van der Waals surface area (Å²) < 4.78 is 0. The zero-order chi connectivity index (χ0) is 26.2. The maximum atomic E-state index is 14.2. The first kappa shape index (κ1) is 26.5. The van der Waals surface area contributed by atoms with Crippen molar-refractivity contribution in [3.05, 3.63) is 21.9 Å². The molecule has 1 spiro atoms. The fraction of sp³-hybridized carbons (Fsp3) is 0.700. The van der Waals surface area contributed by atoms with Gasteiger partial charge in [-0.25, -0.2) is 4.79 Å². The highest BCUT2D eigenvalue weighted by atomic mass is 32.1. The highest BCUT2D eigenvalue weighted by Gasteiger charge is 2.47. The van der Waals surface area contributed by atoms with Gasteiger partial charge in [-0.3, -0.25) is 9.59 Å². The number of hydrogen-bond acceptors (Lipinski definition) is 4. The summed E-state index contributed by atoms with van der Waals surface area (Å²) in [7, 11) is 0. The van der Waals surface area contributed by atoms with Crippen LogP contribution in [0.15, 0.2) is 12.1 Å². The van der Waals surface area contributed by atoms with Crippen LogP contribution in [0.25, 0.3) is 5.57 Å². The molecule has 0 atom stereocenters. The molecular formula is C30H42N2O4S. The van der Waals surface area contributed by atoms with E-state index in [-0.39, 0.29) is 29.2 Å². The Morgan fingerprint density at radius 3 is 2.46 bits per heavy atom. The average molecular weight is 527 g/mol. The van der Waals surface area contributed by atoms with E-state index in [9.17, 15) is 19.5 Å². The molecule has 1 N–H and O–H groups in total. The molecule has 37 heavy (non-hydrogen) atoms. The van der Waals surface area contributed by atoms with E-state index in [0.29, 0.717) is 22.9 Å². The van der Waals surface area contributed by atoms with E-state index in [0.717, 1.165) is 88.6 Å². The van der Waals surface area contributed by atoms with E-state index in [4.69, 9.17) is 0 Å². The lowest BCUT2D eigenvalue weighted by Crippen LogP contribution is -2.48. The topological polar surface area (TPSA) is 77.9 Å². The SMILES string of the molecule is CCN1CC2(CCC(N(c3cc(C4=CCCCC4)sc3C(=O)O)C(=O)[C@H]3CC[C@H](C)CC3)CC2)CC1=O. The molecule has 1 aromatic heterocycles. The van der Waals surface area contributed by atoms with Gasteiger partial charge in [0.2, 0.25) is 11.8 Å². The van der Waals surface area contributed by atoms with Crippen LogP contribution >= 0.6 is 11.3 Å². The first-order chi connectivity index (χ1) is 17.8. The van der Waals surface area contributed by atoms with E-state index in [1.165, 1.54) is 23.3 Å². The van der Waals surface area contributed by atoms with Crippen molar-refractivity contribution in [3.63, 3.8) is 0 Å². The van der Waals surface area contributed by atoms with Gasteiger partial charge in [-0.05, 0) is 107 Å². The molecule has 0 bridgehead atoms. The molecule has 2 amide bonds. The van der Waals surface area contributed by atoms with Crippen LogP contribution in [0.1, 0.15) is 112 Å². The number of allylic oxidation sites excluding steroid dienone is 2. The largest absolute Gasteiger partial charge is 0.477 e. The van der Waals surface area contributed by atoms with Crippen LogP contribution in [0.4, 0.5) is 5.69 Å². The molecule has 3 aliphatic carbocycles. The third-order valence-corrected chi connectivity index (χ3v) is 10.7. The average Bonchev–Trinajstić information content (AvgIpc) is 3.48. The molecule has 0 aromatic carbocycles. The van der Waals surface area contributed by atoms with Gasteiger partial charge in [-0.1, -0.05) is 13.0 Å². The molecule has 0 unspecified atom stereocenters. The number of likely N-dealkylation sites (tertiary alicyclic amines) is 1. The number of carboxylic acids is 1. The van der Waals surface area contributed by atoms with Gasteiger partial charge in [0, 0.05) is 36.3 Å². The first-order valence-corrected chi connectivity index (χ1v) is 15.3. The molecule has 1 saturated heterocycles. The summed E-state index contributed by atoms with van der Waals surface area (Å²) in [4.78, 5) is 44.4. The van der Waals surface area contributed by atoms with Gasteiger partial charge in [-0.2, -0.15) is 0 Å². The summed E-state index contributed by atoms with van der Waals surface area (Å²) in [6.07, 6.45) is 14.5. The fourth-order valence-corrected chi connectivity index (χ4v) is 8.27. The Morgan fingerprint density at radius 1 is 1.14 bits per heavy atom. The number of carboxylic acid groups (broad SMARTS) is 1. The maximum Gasteiger partial charge on any atom is 0.348 e. The minimum absolute atomic E-state index is 0.0101. The Morgan fingerprint density at radius 2 is 1.86 bits per heavy atom. The highest BCUT2D eigenvalue weighted by Crippen LogP contribution is 2.48. The predicted octanol–water partition coefficient (Wildman–Crippen LogP) is 6.74. The molecule has 0 radical (unpaired) electrons. The van der Waals surface area contributed by atoms with Crippen LogP contribution in [0.3, 0.4) is 0 Å². The molecular weight excluding hydrogens is 484 g/mol. The standard InChI is InChI=1S/C30H42N2O4S/c1-3-31-19-30(18-26(31)33)15-13-23(14-16-30)32(28(34)22-11-9-20(2)10-12-22)24-17-25(37-27(24)29(35)36)21-7-5-4-6-8-21/h7,17,20,22-23H,3-6,8-16,18-19H2,1-2H3,(H,35,36)/t20-,22-,23?,30?. The van der Waals surface area contributed by atoms with E-state index >= 15 is 0 Å². The van der Waals surface area contributed by atoms with Gasteiger partial charge < -0.3 is 14.9 Å². The minimum Gasteiger partial charge on any atom is -0.477 e. The summed E-state index contributed by atoms with van der Waals surface area (Å²) in [5, 5.41) is 10.2. The predicted molar refractivity (Wildman–Crippen MR) is 148 cm³/mol. The summed E-state index contributed by atoms with van der Waals surface area (Å²) in [6.45, 7) is 5.87. The number of anilines is 1. The van der Waals surface area contributed by atoms with Gasteiger partial charge in [0.05, 0.1) is 5.69 Å². The number of nitrogens with zero attached hydrogens (tertiary/aromatic N) is 2. The third-order valence-electron chi connectivity index (χ3n) is 9.54. The van der Waals surface area contributed by atoms with E-state index < -0.39 is 5.97 Å². The van der Waals surface area contributed by atoms with Gasteiger partial charge in [-0.15, -0.1) is 11.3 Å². The van der Waals surface area contributed by atoms with E-state index in [1.807, 2.05) is 22.8 Å². The Bertz CT molecular complexity index is 1060. The van der Waals surface area contributed by atoms with Crippen molar-refractivity contribution in [2.75, 3.05) is 18.0 Å². The van der Waals surface area contributed by atoms with Gasteiger partial charge >= 0.3 is 5.97 Å². The smallest absolute Gasteiger partial charge is 0.348 e. The molecule has 7 heteroatoms. The monoisotopic (exact) mass is 526 g/mol. The van der Waals surface area contributed by atoms with Crippen LogP contribution in [0.2, 0.25) is 0 Å². The van der Waals surface area contributed by atoms with Crippen molar-refractivity contribution in [2.45, 2.75) is 103 Å². The van der Waals surface area contributed by atoms with E-state index in [1.54, 1.807) is 0 Å². The second-order valence-electron chi connectivity index (χ2n) is 12.1. The molecule has 1 aliphatic heterocycles. The minimum atomic E-state index is -0.940. The molecule has 1 aromatic rings. The van der Waals surface area contributed by atoms with Gasteiger partial charge in [0.1, 0.15) is 4.88 Å². The molecule has 5 rings (SSSR count). The lowest BCUT2D eigenvalue weighted by molar-refractivity contribution is -0.128. The second kappa shape index (κ2) is 10.9. The van der Waals surface area contributed by atoms with Gasteiger partial charge in [0.25, 0.3) is 0 Å². The Labute approximate surface area is 225 Å². The normalized spacial score (nSPS) is 30.4. The zero-order valence-electron chi connectivity index (χ0n) is 22.5. The number of aromatic carboxylic acids is 1. The lowest BCUT2D eigenvalue weighted by Gasteiger charge is -2.42. The fourth-order valence-electron chi connectivity index (χ4n) is 7.21. The summed E-state index contributed by atoms with van der Waals surface area (Å²) in [5.74, 6) is 0.0465. The molecule has 6 nitrogen and oxygen atoms in total. The van der Waals surface area contributed by atoms with Crippen molar-refractivity contribution < 1.29 is 19.5 Å². The Balaban J connectivity index is 1.45. The molecule has 202 valence electrons. The van der Waals surface area contributed by atoms with Crippen molar-refractivity contribution in [1.29, 1.82) is 0 Å². The quantitative estimate of drug-likeness (QED) is 0.445. The number of carbonyl (C=O) groups excluding carboxylic acids is 2. The number of carbonyl (C=O) groups is 3. The van der Waals surface area contributed by atoms with Gasteiger partial charge in [0.15, 0.2) is 0 Å². The molecule has 4 aliphatic rings. The van der Waals surface area contributed by atoms with Crippen molar-refractivity contribution >= 4 is 40.4 Å². The second-order valence-corrected chi connectivity index (χ2v) is 13.1. The van der Waals surface area contributed by atoms with Crippen LogP contribution in [0.5, 0.6) is 0 Å². The zero-order valence-corrected chi connectivity index (χ0v) is 23.3. The van der Waals surface area contributed by atoms with E-state index in [2.05, 4.69) is 13.0 Å². The number of thiophene rings is 1. The molecule has 3 fully saturated rings. The summed E-state index contributed by atoms with van der Waals surface area (Å²) in [6, 6.07) is 2.00. The summed E-state index contributed by atoms with van der Waals surface area (Å²) >= 11 is 1.34. The lowest BCUT2D eigenvalue weighted by atomic mass is 9.71. The maximum absolute atomic E-state index is 14.2. The molecule has 2 saturated carbocycles. The first-order valence-electron chi connectivity index (χ1n) is 14.5. The Hall–Kier alpha value is -2.15. The van der Waals surface area contributed by atoms with Crippen LogP contribution in [-0.2, 0) is 9.59 Å². The number of hydrogen-bond donors (Lipinski definition) is 1. The van der Waals surface area contributed by atoms with Crippen molar-refractivity contribution in [3.8, 4) is 0 Å². The number of rotatable bonds is 6.